The van der Waals surface area contributed by atoms with E-state index >= 15 is 0 Å². The molecule has 0 amide bonds. The van der Waals surface area contributed by atoms with E-state index in [1.807, 2.05) is 0 Å². The van der Waals surface area contributed by atoms with Crippen molar-refractivity contribution >= 4 is 0 Å². The Kier molecular flexibility index (Phi) is 5.00. The van der Waals surface area contributed by atoms with Crippen LogP contribution >= 0.6 is 0 Å². The Labute approximate surface area is 125 Å². The van der Waals surface area contributed by atoms with Crippen LogP contribution < -0.4 is 5.32 Å². The molecule has 0 aromatic rings. The molecule has 20 heavy (non-hydrogen) atoms. The number of piperidine rings is 1. The molecule has 0 aromatic carbocycles. The molecule has 0 aromatic heterocycles. The minimum Gasteiger partial charge on any atom is -0.311 e. The summed E-state index contributed by atoms with van der Waals surface area (Å²) >= 11 is 0. The molecule has 3 heteroatoms. The van der Waals surface area contributed by atoms with Crippen LogP contribution in [0.5, 0.6) is 0 Å². The molecule has 4 atom stereocenters. The van der Waals surface area contributed by atoms with Gasteiger partial charge >= 0.3 is 0 Å². The summed E-state index contributed by atoms with van der Waals surface area (Å²) in [6, 6.07) is 3.29. The average Bonchev–Trinajstić information content (AvgIpc) is 2.95. The Balaban J connectivity index is 1.62. The maximum Gasteiger partial charge on any atom is 0.0221 e. The van der Waals surface area contributed by atoms with Gasteiger partial charge in [-0.2, -0.15) is 0 Å². The normalized spacial score (nSPS) is 39.9. The standard InChI is InChI=1S/C17H33N3/c1-3-6-14-13-20(15(4-2)12-18-14)17-8-10-19-9-5-7-16(19)11-17/h14-18H,3-13H2,1-2H3. The van der Waals surface area contributed by atoms with Crippen LogP contribution in [0.4, 0.5) is 0 Å². The summed E-state index contributed by atoms with van der Waals surface area (Å²) in [6.07, 6.45) is 9.70. The zero-order chi connectivity index (χ0) is 13.9. The van der Waals surface area contributed by atoms with E-state index in [1.54, 1.807) is 0 Å². The number of nitrogens with one attached hydrogen (secondary N) is 1. The van der Waals surface area contributed by atoms with Gasteiger partial charge in [0.25, 0.3) is 0 Å². The highest BCUT2D eigenvalue weighted by atomic mass is 15.3. The van der Waals surface area contributed by atoms with Crippen molar-refractivity contribution in [3.05, 3.63) is 0 Å². The van der Waals surface area contributed by atoms with E-state index in [0.29, 0.717) is 0 Å². The second-order valence-electron chi connectivity index (χ2n) is 7.16. The first-order valence-corrected chi connectivity index (χ1v) is 9.05. The molecular formula is C17H33N3. The highest BCUT2D eigenvalue weighted by Gasteiger charge is 2.38. The fourth-order valence-corrected chi connectivity index (χ4v) is 4.76. The van der Waals surface area contributed by atoms with Crippen LogP contribution in [0.1, 0.15) is 58.8 Å². The second kappa shape index (κ2) is 6.76. The van der Waals surface area contributed by atoms with Crippen LogP contribution in [0.3, 0.4) is 0 Å². The van der Waals surface area contributed by atoms with Gasteiger partial charge < -0.3 is 10.2 Å². The summed E-state index contributed by atoms with van der Waals surface area (Å²) in [4.78, 5) is 5.65. The van der Waals surface area contributed by atoms with Crippen molar-refractivity contribution in [3.8, 4) is 0 Å². The van der Waals surface area contributed by atoms with Gasteiger partial charge in [0, 0.05) is 37.3 Å². The van der Waals surface area contributed by atoms with Crippen molar-refractivity contribution in [2.24, 2.45) is 0 Å². The third kappa shape index (κ3) is 3.05. The van der Waals surface area contributed by atoms with Gasteiger partial charge in [-0.05, 0) is 51.6 Å². The molecule has 4 unspecified atom stereocenters. The Bertz CT molecular complexity index is 307. The molecule has 3 nitrogen and oxygen atoms in total. The molecule has 0 aliphatic carbocycles. The average molecular weight is 279 g/mol. The second-order valence-corrected chi connectivity index (χ2v) is 7.16. The predicted octanol–water partition coefficient (Wildman–Crippen LogP) is 2.47. The van der Waals surface area contributed by atoms with E-state index in [2.05, 4.69) is 29.0 Å². The lowest BCUT2D eigenvalue weighted by molar-refractivity contribution is 0.0279. The van der Waals surface area contributed by atoms with Gasteiger partial charge in [-0.1, -0.05) is 20.3 Å². The van der Waals surface area contributed by atoms with E-state index in [1.165, 1.54) is 71.1 Å². The van der Waals surface area contributed by atoms with Gasteiger partial charge in [0.1, 0.15) is 0 Å². The fraction of sp³-hybridized carbons (Fsp3) is 1.00. The highest BCUT2D eigenvalue weighted by molar-refractivity contribution is 4.95. The van der Waals surface area contributed by atoms with Gasteiger partial charge in [-0.15, -0.1) is 0 Å². The molecule has 3 fully saturated rings. The lowest BCUT2D eigenvalue weighted by Crippen LogP contribution is -2.61. The zero-order valence-corrected chi connectivity index (χ0v) is 13.5. The van der Waals surface area contributed by atoms with Crippen LogP contribution in [-0.2, 0) is 0 Å². The Morgan fingerprint density at radius 3 is 2.80 bits per heavy atom. The SMILES string of the molecule is CCCC1CN(C2CCN3CCCC3C2)C(CC)CN1. The molecule has 3 rings (SSSR count). The van der Waals surface area contributed by atoms with Crippen molar-refractivity contribution < 1.29 is 0 Å². The topological polar surface area (TPSA) is 18.5 Å². The van der Waals surface area contributed by atoms with E-state index in [4.69, 9.17) is 0 Å². The molecular weight excluding hydrogens is 246 g/mol. The van der Waals surface area contributed by atoms with Crippen molar-refractivity contribution in [2.45, 2.75) is 83.0 Å². The number of nitrogens with zero attached hydrogens (tertiary/aromatic N) is 2. The maximum atomic E-state index is 3.78. The molecule has 0 bridgehead atoms. The minimum atomic E-state index is 0.740. The molecule has 116 valence electrons. The highest BCUT2D eigenvalue weighted by Crippen LogP contribution is 2.31. The maximum absolute atomic E-state index is 3.78. The molecule has 0 radical (unpaired) electrons. The van der Waals surface area contributed by atoms with Crippen molar-refractivity contribution in [3.63, 3.8) is 0 Å². The van der Waals surface area contributed by atoms with Crippen LogP contribution in [0, 0.1) is 0 Å². The fourth-order valence-electron chi connectivity index (χ4n) is 4.76. The smallest absolute Gasteiger partial charge is 0.0221 e. The van der Waals surface area contributed by atoms with Crippen molar-refractivity contribution in [1.82, 2.24) is 15.1 Å². The first-order valence-electron chi connectivity index (χ1n) is 9.05. The number of hydrogen-bond donors (Lipinski definition) is 1. The lowest BCUT2D eigenvalue weighted by Gasteiger charge is -2.48. The van der Waals surface area contributed by atoms with Gasteiger partial charge in [0.2, 0.25) is 0 Å². The van der Waals surface area contributed by atoms with Gasteiger partial charge in [-0.25, -0.2) is 0 Å². The number of fused-ring (bicyclic) bond motifs is 1. The third-order valence-corrected chi connectivity index (χ3v) is 5.91. The molecule has 1 N–H and O–H groups in total. The van der Waals surface area contributed by atoms with E-state index in [0.717, 1.165) is 24.2 Å². The van der Waals surface area contributed by atoms with Crippen molar-refractivity contribution in [2.75, 3.05) is 26.2 Å². The number of piperazine rings is 1. The summed E-state index contributed by atoms with van der Waals surface area (Å²) < 4.78 is 0. The van der Waals surface area contributed by atoms with E-state index in [-0.39, 0.29) is 0 Å². The van der Waals surface area contributed by atoms with Crippen LogP contribution in [0.2, 0.25) is 0 Å². The number of hydrogen-bond acceptors (Lipinski definition) is 3. The van der Waals surface area contributed by atoms with Crippen LogP contribution in [0.25, 0.3) is 0 Å². The van der Waals surface area contributed by atoms with Gasteiger partial charge in [-0.3, -0.25) is 4.90 Å². The van der Waals surface area contributed by atoms with Crippen LogP contribution in [-0.4, -0.2) is 60.1 Å². The largest absolute Gasteiger partial charge is 0.311 e. The molecule has 3 saturated heterocycles. The summed E-state index contributed by atoms with van der Waals surface area (Å²) in [5, 5.41) is 3.78. The van der Waals surface area contributed by atoms with E-state index in [9.17, 15) is 0 Å². The number of rotatable bonds is 4. The molecule has 0 spiro atoms. The minimum absolute atomic E-state index is 0.740. The van der Waals surface area contributed by atoms with Crippen LogP contribution in [0.15, 0.2) is 0 Å². The Morgan fingerprint density at radius 1 is 1.10 bits per heavy atom. The van der Waals surface area contributed by atoms with Gasteiger partial charge in [0.15, 0.2) is 0 Å². The summed E-state index contributed by atoms with van der Waals surface area (Å²) in [6.45, 7) is 9.91. The predicted molar refractivity (Wildman–Crippen MR) is 85.1 cm³/mol. The quantitative estimate of drug-likeness (QED) is 0.853. The Hall–Kier alpha value is -0.120. The molecule has 3 aliphatic heterocycles. The van der Waals surface area contributed by atoms with E-state index < -0.39 is 0 Å². The van der Waals surface area contributed by atoms with Gasteiger partial charge in [0.05, 0.1) is 0 Å². The Morgan fingerprint density at radius 2 is 2.00 bits per heavy atom. The first-order chi connectivity index (χ1) is 9.81. The zero-order valence-electron chi connectivity index (χ0n) is 13.5. The molecule has 0 saturated carbocycles. The third-order valence-electron chi connectivity index (χ3n) is 5.91. The molecule has 3 aliphatic rings. The first kappa shape index (κ1) is 14.8. The lowest BCUT2D eigenvalue weighted by atomic mass is 9.92. The monoisotopic (exact) mass is 279 g/mol. The summed E-state index contributed by atoms with van der Waals surface area (Å²) in [5.41, 5.74) is 0. The van der Waals surface area contributed by atoms with Crippen molar-refractivity contribution in [1.29, 1.82) is 0 Å². The summed E-state index contributed by atoms with van der Waals surface area (Å²) in [7, 11) is 0. The summed E-state index contributed by atoms with van der Waals surface area (Å²) in [5.74, 6) is 0. The molecule has 3 heterocycles.